The molecule has 1 unspecified atom stereocenters. The largest absolute Gasteiger partial charge is 0.507 e. The smallest absolute Gasteiger partial charge is 0.295 e. The monoisotopic (exact) mass is 440 g/mol. The Balaban J connectivity index is 2.11. The lowest BCUT2D eigenvalue weighted by Gasteiger charge is -2.25. The molecule has 0 aliphatic carbocycles. The molecule has 2 aromatic rings. The number of nitro groups is 1. The number of hydrogen-bond acceptors (Lipinski definition) is 7. The number of amides is 1. The number of methoxy groups -OCH3 is 1. The van der Waals surface area contributed by atoms with Gasteiger partial charge in [0, 0.05) is 31.4 Å². The highest BCUT2D eigenvalue weighted by atomic mass is 16.6. The van der Waals surface area contributed by atoms with Gasteiger partial charge >= 0.3 is 0 Å². The number of Topliss-reactive ketones (excluding diaryl/α,β-unsaturated/α-hetero) is 1. The fourth-order valence-electron chi connectivity index (χ4n) is 3.57. The molecule has 2 aromatic carbocycles. The first-order valence-corrected chi connectivity index (χ1v) is 10.0. The summed E-state index contributed by atoms with van der Waals surface area (Å²) >= 11 is 0. The van der Waals surface area contributed by atoms with Crippen molar-refractivity contribution in [3.63, 3.8) is 0 Å². The van der Waals surface area contributed by atoms with Gasteiger partial charge in [0.2, 0.25) is 0 Å². The van der Waals surface area contributed by atoms with Crippen molar-refractivity contribution in [1.29, 1.82) is 0 Å². The van der Waals surface area contributed by atoms with Gasteiger partial charge in [-0.3, -0.25) is 19.7 Å². The molecule has 1 saturated heterocycles. The highest BCUT2D eigenvalue weighted by Gasteiger charge is 2.46. The number of carbonyl (C=O) groups is 2. The van der Waals surface area contributed by atoms with Gasteiger partial charge in [-0.1, -0.05) is 12.1 Å². The first-order chi connectivity index (χ1) is 15.2. The maximum atomic E-state index is 12.9. The summed E-state index contributed by atoms with van der Waals surface area (Å²) in [6.07, 6.45) is -0.0329. The minimum Gasteiger partial charge on any atom is -0.507 e. The van der Waals surface area contributed by atoms with E-state index in [2.05, 4.69) is 0 Å². The number of nitrogens with zero attached hydrogens (tertiary/aromatic N) is 2. The van der Waals surface area contributed by atoms with Crippen LogP contribution < -0.4 is 4.74 Å². The molecular weight excluding hydrogens is 416 g/mol. The van der Waals surface area contributed by atoms with Gasteiger partial charge in [-0.2, -0.15) is 0 Å². The third-order valence-electron chi connectivity index (χ3n) is 4.97. The van der Waals surface area contributed by atoms with E-state index in [4.69, 9.17) is 9.47 Å². The number of hydrogen-bond donors (Lipinski definition) is 1. The Morgan fingerprint density at radius 1 is 1.19 bits per heavy atom. The first-order valence-electron chi connectivity index (χ1n) is 10.0. The second-order valence-electron chi connectivity index (χ2n) is 7.53. The van der Waals surface area contributed by atoms with E-state index in [1.54, 1.807) is 30.3 Å². The van der Waals surface area contributed by atoms with Gasteiger partial charge in [0.1, 0.15) is 11.5 Å². The molecule has 0 aromatic heterocycles. The van der Waals surface area contributed by atoms with Crippen LogP contribution in [-0.4, -0.2) is 53.0 Å². The Labute approximate surface area is 185 Å². The van der Waals surface area contributed by atoms with Crippen LogP contribution in [0.4, 0.5) is 5.69 Å². The van der Waals surface area contributed by atoms with Crippen LogP contribution in [0.5, 0.6) is 5.75 Å². The zero-order valence-electron chi connectivity index (χ0n) is 18.0. The van der Waals surface area contributed by atoms with Crippen LogP contribution in [-0.2, 0) is 14.3 Å². The van der Waals surface area contributed by atoms with E-state index in [-0.39, 0.29) is 36.3 Å². The average Bonchev–Trinajstić information content (AvgIpc) is 3.02. The van der Waals surface area contributed by atoms with Gasteiger partial charge in [-0.15, -0.1) is 0 Å². The van der Waals surface area contributed by atoms with Crippen molar-refractivity contribution in [2.45, 2.75) is 26.0 Å². The molecule has 0 spiro atoms. The fraction of sp³-hybridized carbons (Fsp3) is 0.304. The summed E-state index contributed by atoms with van der Waals surface area (Å²) in [5, 5.41) is 22.3. The van der Waals surface area contributed by atoms with Crippen molar-refractivity contribution in [3.05, 3.63) is 75.3 Å². The lowest BCUT2D eigenvalue weighted by atomic mass is 9.95. The highest BCUT2D eigenvalue weighted by molar-refractivity contribution is 6.46. The Morgan fingerprint density at radius 2 is 1.88 bits per heavy atom. The van der Waals surface area contributed by atoms with E-state index in [1.807, 2.05) is 13.8 Å². The minimum atomic E-state index is -0.989. The summed E-state index contributed by atoms with van der Waals surface area (Å²) in [6, 6.07) is 11.1. The number of rotatable bonds is 8. The Morgan fingerprint density at radius 3 is 2.47 bits per heavy atom. The molecule has 1 aliphatic heterocycles. The van der Waals surface area contributed by atoms with Crippen LogP contribution in [0.2, 0.25) is 0 Å². The third-order valence-corrected chi connectivity index (χ3v) is 4.97. The summed E-state index contributed by atoms with van der Waals surface area (Å²) < 4.78 is 10.6. The van der Waals surface area contributed by atoms with Crippen LogP contribution in [0.1, 0.15) is 31.0 Å². The molecule has 3 rings (SSSR count). The van der Waals surface area contributed by atoms with Gasteiger partial charge in [0.15, 0.2) is 0 Å². The van der Waals surface area contributed by atoms with Crippen LogP contribution in [0.15, 0.2) is 54.1 Å². The van der Waals surface area contributed by atoms with E-state index >= 15 is 0 Å². The van der Waals surface area contributed by atoms with E-state index in [1.165, 1.54) is 30.2 Å². The number of non-ortho nitro benzene ring substituents is 1. The topological polar surface area (TPSA) is 119 Å². The Bertz CT molecular complexity index is 1060. The molecule has 1 atom stereocenters. The lowest BCUT2D eigenvalue weighted by molar-refractivity contribution is -0.384. The predicted octanol–water partition coefficient (Wildman–Crippen LogP) is 3.45. The Hall–Kier alpha value is -3.72. The normalized spacial score (nSPS) is 17.8. The van der Waals surface area contributed by atoms with Crippen LogP contribution in [0.3, 0.4) is 0 Å². The molecular formula is C23H24N2O7. The molecule has 168 valence electrons. The maximum absolute atomic E-state index is 12.9. The van der Waals surface area contributed by atoms with Crippen molar-refractivity contribution in [2.75, 3.05) is 20.3 Å². The second-order valence-corrected chi connectivity index (χ2v) is 7.53. The van der Waals surface area contributed by atoms with E-state index in [0.717, 1.165) is 0 Å². The summed E-state index contributed by atoms with van der Waals surface area (Å²) in [5.74, 6) is -1.44. The molecule has 0 saturated carbocycles. The van der Waals surface area contributed by atoms with Crippen LogP contribution in [0.25, 0.3) is 5.76 Å². The quantitative estimate of drug-likeness (QED) is 0.219. The van der Waals surface area contributed by atoms with Crippen molar-refractivity contribution in [1.82, 2.24) is 4.90 Å². The van der Waals surface area contributed by atoms with Crippen LogP contribution in [0, 0.1) is 10.1 Å². The number of likely N-dealkylation sites (tertiary alicyclic amines) is 1. The zero-order chi connectivity index (χ0) is 23.4. The number of ketones is 1. The third kappa shape index (κ3) is 4.62. The van der Waals surface area contributed by atoms with E-state index < -0.39 is 22.7 Å². The molecule has 1 N–H and O–H groups in total. The van der Waals surface area contributed by atoms with Gasteiger partial charge in [-0.25, -0.2) is 0 Å². The predicted molar refractivity (Wildman–Crippen MR) is 116 cm³/mol. The number of benzene rings is 2. The van der Waals surface area contributed by atoms with E-state index in [0.29, 0.717) is 16.9 Å². The molecule has 0 radical (unpaired) electrons. The standard InChI is InChI=1S/C23H24N2O7/c1-14(2)32-18-9-7-15(8-10-18)21(26)19-20(16-5-4-6-17(13-16)25(29)30)24(11-12-31-3)23(28)22(19)27/h4-10,13-14,20,26H,11-12H2,1-3H3/b21-19+. The van der Waals surface area contributed by atoms with Gasteiger partial charge in [0.05, 0.1) is 29.2 Å². The summed E-state index contributed by atoms with van der Waals surface area (Å²) in [7, 11) is 1.46. The molecule has 9 nitrogen and oxygen atoms in total. The van der Waals surface area contributed by atoms with Crippen molar-refractivity contribution in [3.8, 4) is 5.75 Å². The molecule has 9 heteroatoms. The van der Waals surface area contributed by atoms with Gasteiger partial charge in [-0.05, 0) is 43.7 Å². The number of carbonyl (C=O) groups excluding carboxylic acids is 2. The average molecular weight is 440 g/mol. The van der Waals surface area contributed by atoms with Crippen LogP contribution >= 0.6 is 0 Å². The molecule has 1 amide bonds. The molecule has 1 heterocycles. The summed E-state index contributed by atoms with van der Waals surface area (Å²) in [5.41, 5.74) is 0.344. The number of aliphatic hydroxyl groups is 1. The van der Waals surface area contributed by atoms with Gasteiger partial charge < -0.3 is 19.5 Å². The molecule has 0 bridgehead atoms. The first kappa shape index (κ1) is 23.0. The number of aliphatic hydroxyl groups excluding tert-OH is 1. The molecule has 32 heavy (non-hydrogen) atoms. The lowest BCUT2D eigenvalue weighted by Crippen LogP contribution is -2.32. The van der Waals surface area contributed by atoms with E-state index in [9.17, 15) is 24.8 Å². The minimum absolute atomic E-state index is 0.0329. The molecule has 1 aliphatic rings. The number of nitro benzene ring substituents is 1. The van der Waals surface area contributed by atoms with Crippen molar-refractivity contribution in [2.24, 2.45) is 0 Å². The zero-order valence-corrected chi connectivity index (χ0v) is 18.0. The summed E-state index contributed by atoms with van der Waals surface area (Å²) in [6.45, 7) is 3.99. The molecule has 1 fully saturated rings. The van der Waals surface area contributed by atoms with Crippen molar-refractivity contribution < 1.29 is 29.1 Å². The van der Waals surface area contributed by atoms with Gasteiger partial charge in [0.25, 0.3) is 17.4 Å². The Kier molecular flexibility index (Phi) is 6.89. The SMILES string of the molecule is COCCN1C(=O)C(=O)/C(=C(/O)c2ccc(OC(C)C)cc2)C1c1cccc([N+](=O)[O-])c1. The second kappa shape index (κ2) is 9.61. The number of ether oxygens (including phenoxy) is 2. The summed E-state index contributed by atoms with van der Waals surface area (Å²) in [4.78, 5) is 37.6. The fourth-order valence-corrected chi connectivity index (χ4v) is 3.57. The highest BCUT2D eigenvalue weighted by Crippen LogP contribution is 2.40. The van der Waals surface area contributed by atoms with Crippen molar-refractivity contribution >= 4 is 23.1 Å². The maximum Gasteiger partial charge on any atom is 0.295 e.